The maximum atomic E-state index is 13.2. The minimum absolute atomic E-state index is 0. The zero-order chi connectivity index (χ0) is 17.2. The van der Waals surface area contributed by atoms with Crippen molar-refractivity contribution in [3.63, 3.8) is 0 Å². The summed E-state index contributed by atoms with van der Waals surface area (Å²) in [5.41, 5.74) is 0.445. The molecule has 140 valence electrons. The summed E-state index contributed by atoms with van der Waals surface area (Å²) in [6.45, 7) is 4.22. The molecule has 0 spiro atoms. The molecule has 5 heteroatoms. The Morgan fingerprint density at radius 3 is 2.40 bits per heavy atom. The van der Waals surface area contributed by atoms with Crippen molar-refractivity contribution in [3.05, 3.63) is 30.1 Å². The van der Waals surface area contributed by atoms with Crippen molar-refractivity contribution in [1.29, 1.82) is 0 Å². The third kappa shape index (κ3) is 4.43. The molecule has 2 heterocycles. The van der Waals surface area contributed by atoms with Crippen molar-refractivity contribution in [2.24, 2.45) is 5.92 Å². The highest BCUT2D eigenvalue weighted by atomic mass is 79.9. The summed E-state index contributed by atoms with van der Waals surface area (Å²) in [5, 5.41) is 0. The van der Waals surface area contributed by atoms with Gasteiger partial charge in [-0.1, -0.05) is 18.9 Å². The molecule has 1 aromatic rings. The SMILES string of the molecule is CC(C(=O)OC1CC[N+](C)(C)CC1)(c1cccnc1)C1CCCC1.[Br-]. The number of esters is 1. The standard InChI is InChI=1S/C20H31N2O2.BrH/c1-20(16-7-4-5-8-16,17-9-6-12-21-15-17)19(23)24-18-10-13-22(2,3)14-11-18;/h6,9,12,15-16,18H,4-5,7-8,10-11,13-14H2,1-3H3;1H/q+1;/p-1. The number of pyridine rings is 1. The summed E-state index contributed by atoms with van der Waals surface area (Å²) in [6, 6.07) is 3.96. The van der Waals surface area contributed by atoms with Gasteiger partial charge in [0.05, 0.1) is 32.6 Å². The average molecular weight is 411 g/mol. The first-order valence-corrected chi connectivity index (χ1v) is 9.35. The van der Waals surface area contributed by atoms with Gasteiger partial charge in [-0.2, -0.15) is 0 Å². The zero-order valence-corrected chi connectivity index (χ0v) is 17.3. The van der Waals surface area contributed by atoms with Crippen LogP contribution in [0.5, 0.6) is 0 Å². The third-order valence-electron chi connectivity index (χ3n) is 6.24. The molecule has 0 radical (unpaired) electrons. The Labute approximate surface area is 162 Å². The van der Waals surface area contributed by atoms with Crippen molar-refractivity contribution in [2.45, 2.75) is 57.0 Å². The van der Waals surface area contributed by atoms with Gasteiger partial charge >= 0.3 is 5.97 Å². The van der Waals surface area contributed by atoms with Crippen LogP contribution in [0.3, 0.4) is 0 Å². The number of aromatic nitrogens is 1. The van der Waals surface area contributed by atoms with E-state index in [-0.39, 0.29) is 29.1 Å². The van der Waals surface area contributed by atoms with Crippen LogP contribution >= 0.6 is 0 Å². The van der Waals surface area contributed by atoms with Crippen LogP contribution in [0.2, 0.25) is 0 Å². The number of likely N-dealkylation sites (tertiary alicyclic amines) is 1. The molecule has 1 aliphatic carbocycles. The van der Waals surface area contributed by atoms with Crippen LogP contribution in [0.1, 0.15) is 51.0 Å². The molecular formula is C20H31BrN2O2. The summed E-state index contributed by atoms with van der Waals surface area (Å²) >= 11 is 0. The lowest BCUT2D eigenvalue weighted by atomic mass is 9.71. The second kappa shape index (κ2) is 8.17. The van der Waals surface area contributed by atoms with Gasteiger partial charge in [-0.25, -0.2) is 0 Å². The summed E-state index contributed by atoms with van der Waals surface area (Å²) < 4.78 is 7.06. The molecule has 25 heavy (non-hydrogen) atoms. The van der Waals surface area contributed by atoms with E-state index in [1.807, 2.05) is 18.3 Å². The minimum atomic E-state index is -0.563. The molecule has 0 bridgehead atoms. The molecule has 1 aliphatic heterocycles. The first kappa shape index (κ1) is 20.4. The lowest BCUT2D eigenvalue weighted by Gasteiger charge is -2.39. The van der Waals surface area contributed by atoms with Crippen molar-refractivity contribution >= 4 is 5.97 Å². The second-order valence-electron chi connectivity index (χ2n) is 8.41. The molecule has 1 saturated heterocycles. The number of rotatable bonds is 4. The molecular weight excluding hydrogens is 380 g/mol. The molecule has 0 aromatic carbocycles. The Kier molecular flexibility index (Phi) is 6.66. The van der Waals surface area contributed by atoms with Crippen LogP contribution in [0.15, 0.2) is 24.5 Å². The van der Waals surface area contributed by atoms with Gasteiger partial charge < -0.3 is 26.2 Å². The number of halogens is 1. The molecule has 3 rings (SSSR count). The van der Waals surface area contributed by atoms with E-state index < -0.39 is 5.41 Å². The van der Waals surface area contributed by atoms with E-state index >= 15 is 0 Å². The molecule has 2 fully saturated rings. The van der Waals surface area contributed by atoms with Crippen LogP contribution < -0.4 is 17.0 Å². The highest BCUT2D eigenvalue weighted by molar-refractivity contribution is 5.83. The van der Waals surface area contributed by atoms with Crippen molar-refractivity contribution in [3.8, 4) is 0 Å². The van der Waals surface area contributed by atoms with Gasteiger partial charge in [-0.3, -0.25) is 9.78 Å². The van der Waals surface area contributed by atoms with Gasteiger partial charge in [0.25, 0.3) is 0 Å². The van der Waals surface area contributed by atoms with Crippen molar-refractivity contribution in [2.75, 3.05) is 27.2 Å². The Morgan fingerprint density at radius 1 is 1.20 bits per heavy atom. The number of carbonyl (C=O) groups excluding carboxylic acids is 1. The van der Waals surface area contributed by atoms with E-state index in [9.17, 15) is 4.79 Å². The van der Waals surface area contributed by atoms with E-state index in [0.717, 1.165) is 48.8 Å². The van der Waals surface area contributed by atoms with Gasteiger partial charge in [0, 0.05) is 25.2 Å². The number of carbonyl (C=O) groups is 1. The summed E-state index contributed by atoms with van der Waals surface area (Å²) in [5.74, 6) is 0.324. The first-order valence-electron chi connectivity index (χ1n) is 9.35. The highest BCUT2D eigenvalue weighted by Gasteiger charge is 2.46. The number of ether oxygens (including phenoxy) is 1. The molecule has 1 atom stereocenters. The quantitative estimate of drug-likeness (QED) is 0.529. The third-order valence-corrected chi connectivity index (χ3v) is 6.24. The number of hydrogen-bond donors (Lipinski definition) is 0. The molecule has 0 amide bonds. The molecule has 0 N–H and O–H groups in total. The Bertz CT molecular complexity index is 562. The molecule has 1 aromatic heterocycles. The fourth-order valence-corrected chi connectivity index (χ4v) is 4.33. The van der Waals surface area contributed by atoms with Crippen molar-refractivity contribution in [1.82, 2.24) is 4.98 Å². The van der Waals surface area contributed by atoms with Crippen LogP contribution in [0.25, 0.3) is 0 Å². The lowest BCUT2D eigenvalue weighted by molar-refractivity contribution is -0.896. The lowest BCUT2D eigenvalue weighted by Crippen LogP contribution is -3.00. The smallest absolute Gasteiger partial charge is 0.316 e. The second-order valence-corrected chi connectivity index (χ2v) is 8.41. The first-order chi connectivity index (χ1) is 11.4. The number of hydrogen-bond acceptors (Lipinski definition) is 3. The number of piperidine rings is 1. The van der Waals surface area contributed by atoms with Crippen LogP contribution in [-0.4, -0.2) is 48.7 Å². The molecule has 4 nitrogen and oxygen atoms in total. The number of nitrogens with zero attached hydrogens (tertiary/aromatic N) is 2. The predicted molar refractivity (Wildman–Crippen MR) is 94.5 cm³/mol. The predicted octanol–water partition coefficient (Wildman–Crippen LogP) is 0.316. The fourth-order valence-electron chi connectivity index (χ4n) is 4.33. The van der Waals surface area contributed by atoms with Crippen LogP contribution in [-0.2, 0) is 14.9 Å². The summed E-state index contributed by atoms with van der Waals surface area (Å²) in [6.07, 6.45) is 10.3. The Morgan fingerprint density at radius 2 is 1.84 bits per heavy atom. The molecule has 2 aliphatic rings. The Balaban J connectivity index is 0.00000225. The van der Waals surface area contributed by atoms with Gasteiger partial charge in [-0.15, -0.1) is 0 Å². The maximum Gasteiger partial charge on any atom is 0.316 e. The molecule has 1 saturated carbocycles. The minimum Gasteiger partial charge on any atom is -1.00 e. The fraction of sp³-hybridized carbons (Fsp3) is 0.700. The van der Waals surface area contributed by atoms with Gasteiger partial charge in [-0.05, 0) is 37.3 Å². The van der Waals surface area contributed by atoms with Crippen LogP contribution in [0, 0.1) is 5.92 Å². The van der Waals surface area contributed by atoms with Crippen molar-refractivity contribution < 1.29 is 31.0 Å². The highest BCUT2D eigenvalue weighted by Crippen LogP contribution is 2.43. The van der Waals surface area contributed by atoms with E-state index in [2.05, 4.69) is 26.0 Å². The number of quaternary nitrogens is 1. The van der Waals surface area contributed by atoms with E-state index in [4.69, 9.17) is 4.74 Å². The van der Waals surface area contributed by atoms with E-state index in [1.54, 1.807) is 6.20 Å². The topological polar surface area (TPSA) is 39.2 Å². The van der Waals surface area contributed by atoms with Gasteiger partial charge in [0.15, 0.2) is 0 Å². The van der Waals surface area contributed by atoms with E-state index in [1.165, 1.54) is 12.8 Å². The van der Waals surface area contributed by atoms with E-state index in [0.29, 0.717) is 5.92 Å². The maximum absolute atomic E-state index is 13.2. The van der Waals surface area contributed by atoms with Gasteiger partial charge in [0.1, 0.15) is 6.10 Å². The summed E-state index contributed by atoms with van der Waals surface area (Å²) in [4.78, 5) is 17.5. The normalized spacial score (nSPS) is 23.5. The molecule has 1 unspecified atom stereocenters. The zero-order valence-electron chi connectivity index (χ0n) is 15.7. The summed E-state index contributed by atoms with van der Waals surface area (Å²) in [7, 11) is 4.49. The average Bonchev–Trinajstić information content (AvgIpc) is 3.12. The van der Waals surface area contributed by atoms with Crippen LogP contribution in [0.4, 0.5) is 0 Å². The largest absolute Gasteiger partial charge is 1.00 e. The van der Waals surface area contributed by atoms with Gasteiger partial charge in [0.2, 0.25) is 0 Å². The Hall–Kier alpha value is -0.940. The monoisotopic (exact) mass is 410 g/mol.